The number of hydrogen-bond donors (Lipinski definition) is 0. The first kappa shape index (κ1) is 20.3. The first-order valence-electron chi connectivity index (χ1n) is 10.3. The maximum absolute atomic E-state index is 13.5. The number of halogens is 1. The highest BCUT2D eigenvalue weighted by Gasteiger charge is 2.43. The molecule has 0 radical (unpaired) electrons. The van der Waals surface area contributed by atoms with Gasteiger partial charge >= 0.3 is 0 Å². The lowest BCUT2D eigenvalue weighted by Crippen LogP contribution is -2.47. The van der Waals surface area contributed by atoms with Gasteiger partial charge in [0, 0.05) is 13.1 Å². The van der Waals surface area contributed by atoms with Crippen molar-refractivity contribution >= 4 is 23.1 Å². The van der Waals surface area contributed by atoms with Gasteiger partial charge in [-0.1, -0.05) is 31.2 Å². The van der Waals surface area contributed by atoms with Crippen LogP contribution in [0.2, 0.25) is 0 Å². The summed E-state index contributed by atoms with van der Waals surface area (Å²) < 4.78 is 19.3. The van der Waals surface area contributed by atoms with E-state index in [2.05, 4.69) is 0 Å². The SMILES string of the molecule is CCc1ccc(N2C(=O)C(c3ccc(F)cc3)=C(N3CC(C)OC(C)C3)C2=O)cc1. The Labute approximate surface area is 175 Å². The van der Waals surface area contributed by atoms with Crippen LogP contribution in [0.25, 0.3) is 5.57 Å². The Balaban J connectivity index is 1.80. The van der Waals surface area contributed by atoms with Crippen LogP contribution in [0.1, 0.15) is 31.9 Å². The van der Waals surface area contributed by atoms with Crippen LogP contribution in [0.5, 0.6) is 0 Å². The van der Waals surface area contributed by atoms with Gasteiger partial charge in [-0.3, -0.25) is 9.59 Å². The molecule has 0 bridgehead atoms. The van der Waals surface area contributed by atoms with Gasteiger partial charge in [-0.2, -0.15) is 0 Å². The molecule has 0 aliphatic carbocycles. The Morgan fingerprint density at radius 2 is 1.53 bits per heavy atom. The summed E-state index contributed by atoms with van der Waals surface area (Å²) in [6.07, 6.45) is 0.726. The zero-order valence-electron chi connectivity index (χ0n) is 17.4. The van der Waals surface area contributed by atoms with Gasteiger partial charge in [0.15, 0.2) is 0 Å². The molecule has 2 atom stereocenters. The average Bonchev–Trinajstić information content (AvgIpc) is 2.98. The lowest BCUT2D eigenvalue weighted by Gasteiger charge is -2.37. The van der Waals surface area contributed by atoms with Crippen LogP contribution in [0.15, 0.2) is 54.2 Å². The fourth-order valence-corrected chi connectivity index (χ4v) is 4.16. The minimum Gasteiger partial charge on any atom is -0.372 e. The molecule has 1 saturated heterocycles. The average molecular weight is 408 g/mol. The van der Waals surface area contributed by atoms with E-state index in [1.54, 1.807) is 24.3 Å². The first-order valence-corrected chi connectivity index (χ1v) is 10.3. The third-order valence-corrected chi connectivity index (χ3v) is 5.53. The molecular formula is C24H25FN2O3. The van der Waals surface area contributed by atoms with Crippen LogP contribution in [0.3, 0.4) is 0 Å². The largest absolute Gasteiger partial charge is 0.372 e. The van der Waals surface area contributed by atoms with Gasteiger partial charge in [0.25, 0.3) is 11.8 Å². The molecule has 2 aromatic carbocycles. The maximum Gasteiger partial charge on any atom is 0.282 e. The Bertz CT molecular complexity index is 988. The van der Waals surface area contributed by atoms with E-state index in [-0.39, 0.29) is 18.1 Å². The van der Waals surface area contributed by atoms with Crippen molar-refractivity contribution in [3.63, 3.8) is 0 Å². The standard InChI is InChI=1S/C24H25FN2O3/c1-4-17-5-11-20(12-6-17)27-23(28)21(18-7-9-19(25)10-8-18)22(24(27)29)26-13-15(2)30-16(3)14-26/h5-12,15-16H,4,13-14H2,1-3H3. The van der Waals surface area contributed by atoms with Crippen molar-refractivity contribution in [1.29, 1.82) is 0 Å². The summed E-state index contributed by atoms with van der Waals surface area (Å²) in [5, 5.41) is 0. The second kappa shape index (κ2) is 8.03. The molecule has 30 heavy (non-hydrogen) atoms. The molecule has 6 heteroatoms. The second-order valence-electron chi connectivity index (χ2n) is 7.86. The summed E-state index contributed by atoms with van der Waals surface area (Å²) in [4.78, 5) is 30.1. The number of hydrogen-bond acceptors (Lipinski definition) is 4. The zero-order valence-corrected chi connectivity index (χ0v) is 17.4. The molecule has 1 fully saturated rings. The van der Waals surface area contributed by atoms with Gasteiger partial charge in [-0.05, 0) is 55.7 Å². The number of carbonyl (C=O) groups excluding carboxylic acids is 2. The Kier molecular flexibility index (Phi) is 5.43. The molecular weight excluding hydrogens is 383 g/mol. The lowest BCUT2D eigenvalue weighted by atomic mass is 10.0. The first-order chi connectivity index (χ1) is 14.4. The molecule has 156 valence electrons. The van der Waals surface area contributed by atoms with E-state index in [0.29, 0.717) is 35.6 Å². The number of amides is 2. The van der Waals surface area contributed by atoms with Gasteiger partial charge in [-0.15, -0.1) is 0 Å². The molecule has 2 aliphatic rings. The highest BCUT2D eigenvalue weighted by atomic mass is 19.1. The summed E-state index contributed by atoms with van der Waals surface area (Å²) in [5.41, 5.74) is 2.85. The van der Waals surface area contributed by atoms with Crippen LogP contribution >= 0.6 is 0 Å². The second-order valence-corrected chi connectivity index (χ2v) is 7.86. The van der Waals surface area contributed by atoms with Gasteiger partial charge in [0.2, 0.25) is 0 Å². The number of imide groups is 1. The van der Waals surface area contributed by atoms with Crippen LogP contribution in [-0.2, 0) is 20.7 Å². The third kappa shape index (κ3) is 3.63. The van der Waals surface area contributed by atoms with Crippen molar-refractivity contribution in [2.45, 2.75) is 39.4 Å². The predicted octanol–water partition coefficient (Wildman–Crippen LogP) is 3.78. The molecule has 0 saturated carbocycles. The summed E-state index contributed by atoms with van der Waals surface area (Å²) in [7, 11) is 0. The molecule has 0 spiro atoms. The maximum atomic E-state index is 13.5. The smallest absolute Gasteiger partial charge is 0.282 e. The Morgan fingerprint density at radius 3 is 2.10 bits per heavy atom. The van der Waals surface area contributed by atoms with Gasteiger partial charge in [0.1, 0.15) is 11.5 Å². The normalized spacial score (nSPS) is 22.3. The number of benzene rings is 2. The van der Waals surface area contributed by atoms with Crippen molar-refractivity contribution in [1.82, 2.24) is 4.90 Å². The van der Waals surface area contributed by atoms with Crippen LogP contribution in [-0.4, -0.2) is 42.0 Å². The van der Waals surface area contributed by atoms with E-state index >= 15 is 0 Å². The van der Waals surface area contributed by atoms with Gasteiger partial charge < -0.3 is 9.64 Å². The number of nitrogens with zero attached hydrogens (tertiary/aromatic N) is 2. The summed E-state index contributed by atoms with van der Waals surface area (Å²) >= 11 is 0. The Hall–Kier alpha value is -2.99. The zero-order chi connectivity index (χ0) is 21.4. The number of aryl methyl sites for hydroxylation is 1. The number of morpholine rings is 1. The van der Waals surface area contributed by atoms with E-state index in [0.717, 1.165) is 12.0 Å². The van der Waals surface area contributed by atoms with Crippen LogP contribution < -0.4 is 4.90 Å². The monoisotopic (exact) mass is 408 g/mol. The minimum atomic E-state index is -0.391. The molecule has 2 heterocycles. The summed E-state index contributed by atoms with van der Waals surface area (Å²) in [6.45, 7) is 6.96. The quantitative estimate of drug-likeness (QED) is 0.723. The van der Waals surface area contributed by atoms with Crippen molar-refractivity contribution in [2.24, 2.45) is 0 Å². The predicted molar refractivity (Wildman–Crippen MR) is 113 cm³/mol. The number of anilines is 1. The van der Waals surface area contributed by atoms with Gasteiger partial charge in [-0.25, -0.2) is 9.29 Å². The topological polar surface area (TPSA) is 49.9 Å². The number of carbonyl (C=O) groups is 2. The molecule has 2 amide bonds. The fraction of sp³-hybridized carbons (Fsp3) is 0.333. The molecule has 4 rings (SSSR count). The minimum absolute atomic E-state index is 0.0727. The van der Waals surface area contributed by atoms with E-state index in [4.69, 9.17) is 4.74 Å². The summed E-state index contributed by atoms with van der Waals surface area (Å²) in [5.74, 6) is -1.14. The fourth-order valence-electron chi connectivity index (χ4n) is 4.16. The summed E-state index contributed by atoms with van der Waals surface area (Å²) in [6, 6.07) is 13.1. The van der Waals surface area contributed by atoms with E-state index in [1.165, 1.54) is 17.0 Å². The van der Waals surface area contributed by atoms with Crippen molar-refractivity contribution in [3.8, 4) is 0 Å². The third-order valence-electron chi connectivity index (χ3n) is 5.53. The van der Waals surface area contributed by atoms with Crippen LogP contribution in [0, 0.1) is 5.82 Å². The molecule has 0 aromatic heterocycles. The van der Waals surface area contributed by atoms with Crippen molar-refractivity contribution in [3.05, 3.63) is 71.2 Å². The van der Waals surface area contributed by atoms with Crippen LogP contribution in [0.4, 0.5) is 10.1 Å². The van der Waals surface area contributed by atoms with Crippen molar-refractivity contribution in [2.75, 3.05) is 18.0 Å². The molecule has 5 nitrogen and oxygen atoms in total. The van der Waals surface area contributed by atoms with E-state index in [1.807, 2.05) is 37.8 Å². The van der Waals surface area contributed by atoms with E-state index < -0.39 is 11.7 Å². The number of ether oxygens (including phenoxy) is 1. The molecule has 2 aromatic rings. The Morgan fingerprint density at radius 1 is 0.933 bits per heavy atom. The highest BCUT2D eigenvalue weighted by molar-refractivity contribution is 6.45. The van der Waals surface area contributed by atoms with E-state index in [9.17, 15) is 14.0 Å². The highest BCUT2D eigenvalue weighted by Crippen LogP contribution is 2.36. The van der Waals surface area contributed by atoms with Crippen molar-refractivity contribution < 1.29 is 18.7 Å². The van der Waals surface area contributed by atoms with Gasteiger partial charge in [0.05, 0.1) is 23.5 Å². The molecule has 2 unspecified atom stereocenters. The molecule has 0 N–H and O–H groups in total. The number of rotatable bonds is 4. The molecule has 2 aliphatic heterocycles. The lowest BCUT2D eigenvalue weighted by molar-refractivity contribution is -0.121.